The zero-order chi connectivity index (χ0) is 12.4. The summed E-state index contributed by atoms with van der Waals surface area (Å²) in [5.74, 6) is -1.11. The van der Waals surface area contributed by atoms with E-state index in [4.69, 9.17) is 16.7 Å². The lowest BCUT2D eigenvalue weighted by molar-refractivity contribution is -0.136. The molecule has 0 aliphatic carbocycles. The van der Waals surface area contributed by atoms with Crippen molar-refractivity contribution in [2.45, 2.75) is 11.9 Å². The van der Waals surface area contributed by atoms with Crippen molar-refractivity contribution in [2.24, 2.45) is 0 Å². The average Bonchev–Trinajstić information content (AvgIpc) is 2.33. The van der Waals surface area contributed by atoms with Gasteiger partial charge in [0, 0.05) is 5.39 Å². The molecule has 0 radical (unpaired) electrons. The normalized spacial score (nSPS) is 12.5. The van der Waals surface area contributed by atoms with Crippen molar-refractivity contribution in [2.75, 3.05) is 0 Å². The molecule has 0 aliphatic heterocycles. The second kappa shape index (κ2) is 4.55. The molecule has 2 aromatic rings. The van der Waals surface area contributed by atoms with E-state index in [2.05, 4.69) is 5.10 Å². The lowest BCUT2D eigenvalue weighted by Crippen LogP contribution is -2.23. The van der Waals surface area contributed by atoms with E-state index in [1.807, 2.05) is 0 Å². The molecule has 1 unspecified atom stereocenters. The Bertz CT molecular complexity index is 623. The van der Waals surface area contributed by atoms with Gasteiger partial charge in [0.1, 0.15) is 0 Å². The van der Waals surface area contributed by atoms with Crippen LogP contribution in [-0.4, -0.2) is 26.2 Å². The molecule has 0 saturated carbocycles. The van der Waals surface area contributed by atoms with Crippen molar-refractivity contribution in [3.05, 3.63) is 40.7 Å². The van der Waals surface area contributed by atoms with E-state index in [1.165, 1.54) is 4.68 Å². The second-order valence-electron chi connectivity index (χ2n) is 3.51. The number of rotatable bonds is 3. The maximum absolute atomic E-state index is 11.5. The first-order valence-corrected chi connectivity index (χ1v) is 5.35. The zero-order valence-electron chi connectivity index (χ0n) is 8.71. The number of hydrogen-bond donors (Lipinski definition) is 1. The SMILES string of the molecule is O=C(O)C(Cl)Cn1ncc(=O)c2ccccc21. The number of carboxylic acid groups (broad SMARTS) is 1. The number of aliphatic carboxylic acids is 1. The highest BCUT2D eigenvalue weighted by molar-refractivity contribution is 6.29. The number of benzene rings is 1. The number of aromatic nitrogens is 2. The van der Waals surface area contributed by atoms with Crippen molar-refractivity contribution in [1.82, 2.24) is 9.78 Å². The fourth-order valence-electron chi connectivity index (χ4n) is 1.54. The maximum atomic E-state index is 11.5. The lowest BCUT2D eigenvalue weighted by Gasteiger charge is -2.10. The van der Waals surface area contributed by atoms with Crippen molar-refractivity contribution in [3.8, 4) is 0 Å². The van der Waals surface area contributed by atoms with Crippen molar-refractivity contribution < 1.29 is 9.90 Å². The first-order chi connectivity index (χ1) is 8.09. The molecule has 0 saturated heterocycles. The highest BCUT2D eigenvalue weighted by Crippen LogP contribution is 2.10. The number of carbonyl (C=O) groups is 1. The molecule has 0 aliphatic rings. The van der Waals surface area contributed by atoms with Crippen LogP contribution in [0.5, 0.6) is 0 Å². The number of alkyl halides is 1. The van der Waals surface area contributed by atoms with Gasteiger partial charge in [-0.1, -0.05) is 12.1 Å². The molecule has 0 fully saturated rings. The molecule has 5 nitrogen and oxygen atoms in total. The van der Waals surface area contributed by atoms with E-state index in [-0.39, 0.29) is 12.0 Å². The molecule has 0 amide bonds. The monoisotopic (exact) mass is 252 g/mol. The van der Waals surface area contributed by atoms with Crippen LogP contribution in [0.3, 0.4) is 0 Å². The minimum Gasteiger partial charge on any atom is -0.480 e. The van der Waals surface area contributed by atoms with Gasteiger partial charge in [0.05, 0.1) is 18.3 Å². The molecule has 1 N–H and O–H groups in total. The van der Waals surface area contributed by atoms with Gasteiger partial charge in [-0.3, -0.25) is 14.3 Å². The highest BCUT2D eigenvalue weighted by atomic mass is 35.5. The number of para-hydroxylation sites is 1. The van der Waals surface area contributed by atoms with Crippen LogP contribution in [0.15, 0.2) is 35.3 Å². The molecule has 17 heavy (non-hydrogen) atoms. The predicted octanol–water partition coefficient (Wildman–Crippen LogP) is 1.09. The molecule has 88 valence electrons. The summed E-state index contributed by atoms with van der Waals surface area (Å²) in [6.45, 7) is 0.0116. The molecule has 1 aromatic carbocycles. The molecule has 1 aromatic heterocycles. The fourth-order valence-corrected chi connectivity index (χ4v) is 1.67. The van der Waals surface area contributed by atoms with Gasteiger partial charge in [-0.25, -0.2) is 0 Å². The summed E-state index contributed by atoms with van der Waals surface area (Å²) in [5, 5.41) is 12.0. The van der Waals surface area contributed by atoms with Gasteiger partial charge >= 0.3 is 5.97 Å². The third kappa shape index (κ3) is 2.29. The van der Waals surface area contributed by atoms with Gasteiger partial charge in [0.2, 0.25) is 5.43 Å². The summed E-state index contributed by atoms with van der Waals surface area (Å²) >= 11 is 5.65. The Morgan fingerprint density at radius 3 is 2.88 bits per heavy atom. The Hall–Kier alpha value is -1.88. The Kier molecular flexibility index (Phi) is 3.10. The Balaban J connectivity index is 2.52. The zero-order valence-corrected chi connectivity index (χ0v) is 9.46. The molecular weight excluding hydrogens is 244 g/mol. The maximum Gasteiger partial charge on any atom is 0.323 e. The minimum atomic E-state index is -1.11. The molecule has 6 heteroatoms. The van der Waals surface area contributed by atoms with E-state index >= 15 is 0 Å². The average molecular weight is 253 g/mol. The summed E-state index contributed by atoms with van der Waals surface area (Å²) < 4.78 is 1.42. The van der Waals surface area contributed by atoms with Crippen LogP contribution in [0.4, 0.5) is 0 Å². The van der Waals surface area contributed by atoms with Crippen molar-refractivity contribution in [3.63, 3.8) is 0 Å². The topological polar surface area (TPSA) is 72.2 Å². The minimum absolute atomic E-state index is 0.0116. The summed E-state index contributed by atoms with van der Waals surface area (Å²) in [7, 11) is 0. The third-order valence-electron chi connectivity index (χ3n) is 2.36. The van der Waals surface area contributed by atoms with Gasteiger partial charge in [0.15, 0.2) is 5.38 Å². The van der Waals surface area contributed by atoms with Crippen LogP contribution >= 0.6 is 11.6 Å². The lowest BCUT2D eigenvalue weighted by atomic mass is 10.2. The van der Waals surface area contributed by atoms with Crippen LogP contribution in [-0.2, 0) is 11.3 Å². The van der Waals surface area contributed by atoms with E-state index in [9.17, 15) is 9.59 Å². The largest absolute Gasteiger partial charge is 0.480 e. The number of hydrogen-bond acceptors (Lipinski definition) is 3. The molecule has 1 heterocycles. The standard InChI is InChI=1S/C11H9ClN2O3/c12-8(11(16)17)6-14-9-4-2-1-3-7(9)10(15)5-13-14/h1-5,8H,6H2,(H,16,17). The van der Waals surface area contributed by atoms with Crippen molar-refractivity contribution in [1.29, 1.82) is 0 Å². The van der Waals surface area contributed by atoms with Gasteiger partial charge in [-0.2, -0.15) is 5.10 Å². The van der Waals surface area contributed by atoms with Gasteiger partial charge in [0.25, 0.3) is 0 Å². The van der Waals surface area contributed by atoms with Crippen LogP contribution in [0, 0.1) is 0 Å². The molecule has 2 rings (SSSR count). The van der Waals surface area contributed by atoms with E-state index in [0.717, 1.165) is 6.20 Å². The summed E-state index contributed by atoms with van der Waals surface area (Å²) in [5.41, 5.74) is 0.380. The van der Waals surface area contributed by atoms with Crippen LogP contribution < -0.4 is 5.43 Å². The molecular formula is C11H9ClN2O3. The third-order valence-corrected chi connectivity index (χ3v) is 2.69. The first kappa shape index (κ1) is 11.6. The van der Waals surface area contributed by atoms with E-state index < -0.39 is 11.3 Å². The molecule has 0 spiro atoms. The quantitative estimate of drug-likeness (QED) is 0.830. The fraction of sp³-hybridized carbons (Fsp3) is 0.182. The van der Waals surface area contributed by atoms with Gasteiger partial charge < -0.3 is 5.11 Å². The smallest absolute Gasteiger partial charge is 0.323 e. The Labute approximate surface area is 101 Å². The van der Waals surface area contributed by atoms with Gasteiger partial charge in [-0.15, -0.1) is 11.6 Å². The van der Waals surface area contributed by atoms with Crippen LogP contribution in [0.1, 0.15) is 0 Å². The number of halogens is 1. The predicted molar refractivity (Wildman–Crippen MR) is 63.3 cm³/mol. The molecule has 1 atom stereocenters. The summed E-state index contributed by atoms with van der Waals surface area (Å²) in [6, 6.07) is 6.86. The molecule has 0 bridgehead atoms. The van der Waals surface area contributed by atoms with E-state index in [0.29, 0.717) is 10.9 Å². The first-order valence-electron chi connectivity index (χ1n) is 4.91. The Morgan fingerprint density at radius 2 is 2.18 bits per heavy atom. The number of fused-ring (bicyclic) bond motifs is 1. The highest BCUT2D eigenvalue weighted by Gasteiger charge is 2.15. The van der Waals surface area contributed by atoms with E-state index in [1.54, 1.807) is 24.3 Å². The summed E-state index contributed by atoms with van der Waals surface area (Å²) in [4.78, 5) is 22.2. The number of carboxylic acids is 1. The Morgan fingerprint density at radius 1 is 1.47 bits per heavy atom. The van der Waals surface area contributed by atoms with Crippen LogP contribution in [0.2, 0.25) is 0 Å². The van der Waals surface area contributed by atoms with Gasteiger partial charge in [-0.05, 0) is 12.1 Å². The number of nitrogens with zero attached hydrogens (tertiary/aromatic N) is 2. The van der Waals surface area contributed by atoms with Crippen molar-refractivity contribution >= 4 is 28.5 Å². The van der Waals surface area contributed by atoms with Crippen LogP contribution in [0.25, 0.3) is 10.9 Å². The second-order valence-corrected chi connectivity index (χ2v) is 4.04. The summed E-state index contributed by atoms with van der Waals surface area (Å²) in [6.07, 6.45) is 1.16.